The molecule has 0 amide bonds. The molecule has 0 radical (unpaired) electrons. The molecular formula is C14H16FN3O3. The van der Waals surface area contributed by atoms with Gasteiger partial charge in [0, 0.05) is 18.7 Å². The molecule has 2 aromatic rings. The van der Waals surface area contributed by atoms with E-state index in [2.05, 4.69) is 5.10 Å². The quantitative estimate of drug-likeness (QED) is 0.606. The Morgan fingerprint density at radius 1 is 1.38 bits per heavy atom. The molecule has 0 unspecified atom stereocenters. The van der Waals surface area contributed by atoms with Crippen LogP contribution in [0.2, 0.25) is 0 Å². The fourth-order valence-corrected chi connectivity index (χ4v) is 1.98. The van der Waals surface area contributed by atoms with Gasteiger partial charge in [0.2, 0.25) is 0 Å². The lowest BCUT2D eigenvalue weighted by atomic mass is 10.3. The van der Waals surface area contributed by atoms with Crippen LogP contribution in [0.25, 0.3) is 0 Å². The van der Waals surface area contributed by atoms with Gasteiger partial charge in [-0.25, -0.2) is 4.39 Å². The molecule has 6 nitrogen and oxygen atoms in total. The number of nitro groups is 1. The van der Waals surface area contributed by atoms with E-state index in [4.69, 9.17) is 4.74 Å². The zero-order valence-corrected chi connectivity index (χ0v) is 11.9. The lowest BCUT2D eigenvalue weighted by Gasteiger charge is -2.08. The minimum atomic E-state index is -0.594. The standard InChI is InChI=1S/C14H16FN3O3/c1-3-11-8-12(17(4-2)16-11)9-21-14-7-10(15)5-6-13(14)18(19)20/h5-8H,3-4,9H2,1-2H3. The summed E-state index contributed by atoms with van der Waals surface area (Å²) < 4.78 is 20.4. The van der Waals surface area contributed by atoms with E-state index in [1.807, 2.05) is 19.9 Å². The molecule has 2 rings (SSSR count). The first-order valence-electron chi connectivity index (χ1n) is 6.67. The van der Waals surface area contributed by atoms with Gasteiger partial charge in [0.1, 0.15) is 12.4 Å². The van der Waals surface area contributed by atoms with Crippen LogP contribution in [0.3, 0.4) is 0 Å². The van der Waals surface area contributed by atoms with Gasteiger partial charge in [-0.05, 0) is 25.5 Å². The number of benzene rings is 1. The molecule has 0 saturated carbocycles. The molecule has 1 heterocycles. The summed E-state index contributed by atoms with van der Waals surface area (Å²) in [5.41, 5.74) is 1.46. The number of nitro benzene ring substituents is 1. The van der Waals surface area contributed by atoms with Gasteiger partial charge in [0.15, 0.2) is 5.75 Å². The van der Waals surface area contributed by atoms with Gasteiger partial charge in [-0.15, -0.1) is 0 Å². The molecule has 21 heavy (non-hydrogen) atoms. The first-order chi connectivity index (χ1) is 10.0. The highest BCUT2D eigenvalue weighted by molar-refractivity contribution is 5.46. The van der Waals surface area contributed by atoms with Gasteiger partial charge in [-0.1, -0.05) is 6.92 Å². The SMILES string of the molecule is CCc1cc(COc2cc(F)ccc2[N+](=O)[O-])n(CC)n1. The third-order valence-electron chi connectivity index (χ3n) is 3.07. The average Bonchev–Trinajstić information content (AvgIpc) is 2.87. The van der Waals surface area contributed by atoms with Crippen LogP contribution >= 0.6 is 0 Å². The zero-order valence-electron chi connectivity index (χ0n) is 11.9. The van der Waals surface area contributed by atoms with E-state index >= 15 is 0 Å². The number of aryl methyl sites for hydroxylation is 2. The summed E-state index contributed by atoms with van der Waals surface area (Å²) in [5, 5.41) is 15.3. The number of hydrogen-bond acceptors (Lipinski definition) is 4. The topological polar surface area (TPSA) is 70.2 Å². The van der Waals surface area contributed by atoms with Crippen LogP contribution in [0, 0.1) is 15.9 Å². The Balaban J connectivity index is 2.21. The predicted molar refractivity (Wildman–Crippen MR) is 74.7 cm³/mol. The number of ether oxygens (including phenoxy) is 1. The van der Waals surface area contributed by atoms with E-state index in [1.165, 1.54) is 0 Å². The van der Waals surface area contributed by atoms with Crippen LogP contribution in [0.4, 0.5) is 10.1 Å². The van der Waals surface area contributed by atoms with Crippen molar-refractivity contribution in [3.8, 4) is 5.75 Å². The molecule has 1 aromatic heterocycles. The maximum atomic E-state index is 13.2. The van der Waals surface area contributed by atoms with E-state index in [-0.39, 0.29) is 18.0 Å². The summed E-state index contributed by atoms with van der Waals surface area (Å²) in [7, 11) is 0. The van der Waals surface area contributed by atoms with Crippen molar-refractivity contribution in [3.63, 3.8) is 0 Å². The first kappa shape index (κ1) is 15.0. The Hall–Kier alpha value is -2.44. The Morgan fingerprint density at radius 3 is 2.76 bits per heavy atom. The smallest absolute Gasteiger partial charge is 0.311 e. The maximum Gasteiger partial charge on any atom is 0.311 e. The lowest BCUT2D eigenvalue weighted by Crippen LogP contribution is -2.07. The third-order valence-corrected chi connectivity index (χ3v) is 3.07. The molecule has 0 aliphatic rings. The van der Waals surface area contributed by atoms with Crippen molar-refractivity contribution in [3.05, 3.63) is 51.6 Å². The van der Waals surface area contributed by atoms with E-state index < -0.39 is 10.7 Å². The number of nitrogens with zero attached hydrogens (tertiary/aromatic N) is 3. The van der Waals surface area contributed by atoms with Gasteiger partial charge in [-0.3, -0.25) is 14.8 Å². The van der Waals surface area contributed by atoms with Gasteiger partial charge in [-0.2, -0.15) is 5.10 Å². The fourth-order valence-electron chi connectivity index (χ4n) is 1.98. The Kier molecular flexibility index (Phi) is 4.52. The monoisotopic (exact) mass is 293 g/mol. The summed E-state index contributed by atoms with van der Waals surface area (Å²) in [6.07, 6.45) is 0.792. The summed E-state index contributed by atoms with van der Waals surface area (Å²) in [6, 6.07) is 5.04. The highest BCUT2D eigenvalue weighted by atomic mass is 19.1. The molecule has 7 heteroatoms. The van der Waals surface area contributed by atoms with Crippen LogP contribution in [0.1, 0.15) is 25.2 Å². The number of hydrogen-bond donors (Lipinski definition) is 0. The molecule has 0 aliphatic heterocycles. The van der Waals surface area contributed by atoms with E-state index in [1.54, 1.807) is 4.68 Å². The molecule has 112 valence electrons. The minimum absolute atomic E-state index is 0.0816. The van der Waals surface area contributed by atoms with Crippen molar-refractivity contribution < 1.29 is 14.1 Å². The minimum Gasteiger partial charge on any atom is -0.480 e. The van der Waals surface area contributed by atoms with E-state index in [0.29, 0.717) is 6.54 Å². The number of aromatic nitrogens is 2. The molecular weight excluding hydrogens is 277 g/mol. The van der Waals surface area contributed by atoms with E-state index in [0.717, 1.165) is 36.0 Å². The average molecular weight is 293 g/mol. The number of rotatable bonds is 6. The Labute approximate surface area is 121 Å². The van der Waals surface area contributed by atoms with Crippen LogP contribution in [0.5, 0.6) is 5.75 Å². The van der Waals surface area contributed by atoms with Crippen molar-refractivity contribution >= 4 is 5.69 Å². The maximum absolute atomic E-state index is 13.2. The van der Waals surface area contributed by atoms with E-state index in [9.17, 15) is 14.5 Å². The van der Waals surface area contributed by atoms with Crippen molar-refractivity contribution in [1.29, 1.82) is 0 Å². The molecule has 0 fully saturated rings. The fraction of sp³-hybridized carbons (Fsp3) is 0.357. The normalized spacial score (nSPS) is 10.6. The Morgan fingerprint density at radius 2 is 2.14 bits per heavy atom. The molecule has 0 N–H and O–H groups in total. The van der Waals surface area contributed by atoms with Crippen molar-refractivity contribution in [1.82, 2.24) is 9.78 Å². The Bertz CT molecular complexity index is 655. The molecule has 0 saturated heterocycles. The highest BCUT2D eigenvalue weighted by Gasteiger charge is 2.17. The lowest BCUT2D eigenvalue weighted by molar-refractivity contribution is -0.386. The van der Waals surface area contributed by atoms with Crippen LogP contribution in [-0.4, -0.2) is 14.7 Å². The third kappa shape index (κ3) is 3.36. The predicted octanol–water partition coefficient (Wildman–Crippen LogP) is 3.09. The van der Waals surface area contributed by atoms with Gasteiger partial charge < -0.3 is 4.74 Å². The van der Waals surface area contributed by atoms with Gasteiger partial charge in [0.25, 0.3) is 0 Å². The van der Waals surface area contributed by atoms with Crippen molar-refractivity contribution in [2.24, 2.45) is 0 Å². The summed E-state index contributed by atoms with van der Waals surface area (Å²) in [5.74, 6) is -0.657. The second kappa shape index (κ2) is 6.34. The second-order valence-corrected chi connectivity index (χ2v) is 4.45. The van der Waals surface area contributed by atoms with Crippen molar-refractivity contribution in [2.45, 2.75) is 33.4 Å². The molecule has 0 atom stereocenters. The largest absolute Gasteiger partial charge is 0.480 e. The molecule has 0 bridgehead atoms. The van der Waals surface area contributed by atoms with Crippen LogP contribution < -0.4 is 4.74 Å². The first-order valence-corrected chi connectivity index (χ1v) is 6.67. The van der Waals surface area contributed by atoms with Gasteiger partial charge >= 0.3 is 5.69 Å². The van der Waals surface area contributed by atoms with Crippen molar-refractivity contribution in [2.75, 3.05) is 0 Å². The molecule has 1 aromatic carbocycles. The van der Waals surface area contributed by atoms with Crippen LogP contribution in [0.15, 0.2) is 24.3 Å². The molecule has 0 spiro atoms. The summed E-state index contributed by atoms with van der Waals surface area (Å²) in [6.45, 7) is 4.71. The highest BCUT2D eigenvalue weighted by Crippen LogP contribution is 2.28. The second-order valence-electron chi connectivity index (χ2n) is 4.45. The summed E-state index contributed by atoms with van der Waals surface area (Å²) >= 11 is 0. The summed E-state index contributed by atoms with van der Waals surface area (Å²) in [4.78, 5) is 10.3. The molecule has 0 aliphatic carbocycles. The van der Waals surface area contributed by atoms with Crippen LogP contribution in [-0.2, 0) is 19.6 Å². The van der Waals surface area contributed by atoms with Gasteiger partial charge in [0.05, 0.1) is 16.3 Å². The zero-order chi connectivity index (χ0) is 15.4. The number of halogens is 1.